The summed E-state index contributed by atoms with van der Waals surface area (Å²) in [5, 5.41) is 17.7. The van der Waals surface area contributed by atoms with Gasteiger partial charge in [-0.2, -0.15) is 14.7 Å². The van der Waals surface area contributed by atoms with Crippen LogP contribution in [0.4, 0.5) is 5.00 Å². The predicted molar refractivity (Wildman–Crippen MR) is 82.7 cm³/mol. The van der Waals surface area contributed by atoms with Gasteiger partial charge in [-0.15, -0.1) is 0 Å². The van der Waals surface area contributed by atoms with E-state index in [0.29, 0.717) is 23.7 Å². The Morgan fingerprint density at radius 3 is 2.90 bits per heavy atom. The molecule has 0 bridgehead atoms. The van der Waals surface area contributed by atoms with Gasteiger partial charge >= 0.3 is 0 Å². The van der Waals surface area contributed by atoms with Crippen molar-refractivity contribution in [2.24, 2.45) is 0 Å². The number of aryl methyl sites for hydroxylation is 1. The smallest absolute Gasteiger partial charge is 0.162 e. The summed E-state index contributed by atoms with van der Waals surface area (Å²) in [6.07, 6.45) is 0. The molecule has 0 radical (unpaired) electrons. The molecule has 2 heterocycles. The number of hydrogen-bond donors (Lipinski definition) is 1. The van der Waals surface area contributed by atoms with Gasteiger partial charge in [0.2, 0.25) is 0 Å². The third-order valence-electron chi connectivity index (χ3n) is 3.23. The first-order valence-corrected chi connectivity index (χ1v) is 7.54. The van der Waals surface area contributed by atoms with E-state index in [9.17, 15) is 0 Å². The third kappa shape index (κ3) is 3.35. The van der Waals surface area contributed by atoms with Crippen LogP contribution in [0.2, 0.25) is 5.15 Å². The zero-order valence-corrected chi connectivity index (χ0v) is 13.7. The van der Waals surface area contributed by atoms with Crippen LogP contribution in [-0.4, -0.2) is 27.9 Å². The molecule has 0 saturated carbocycles. The zero-order valence-electron chi connectivity index (χ0n) is 12.1. The topological polar surface area (TPSA) is 75.8 Å². The predicted octanol–water partition coefficient (Wildman–Crippen LogP) is 2.74. The molecule has 2 aromatic rings. The zero-order chi connectivity index (χ0) is 15.4. The minimum absolute atomic E-state index is 0.245. The molecule has 0 aliphatic heterocycles. The molecular formula is C13H16ClN5OS. The lowest BCUT2D eigenvalue weighted by molar-refractivity contribution is 0.182. The molecule has 0 atom stereocenters. The van der Waals surface area contributed by atoms with Crippen LogP contribution in [0.3, 0.4) is 0 Å². The highest BCUT2D eigenvalue weighted by atomic mass is 35.5. The van der Waals surface area contributed by atoms with Gasteiger partial charge in [-0.3, -0.25) is 4.68 Å². The van der Waals surface area contributed by atoms with Crippen LogP contribution in [-0.2, 0) is 17.8 Å². The van der Waals surface area contributed by atoms with E-state index in [1.165, 1.54) is 11.5 Å². The number of hydrogen-bond acceptors (Lipinski definition) is 6. The van der Waals surface area contributed by atoms with E-state index >= 15 is 0 Å². The Kier molecular flexibility index (Phi) is 5.17. The molecular weight excluding hydrogens is 310 g/mol. The summed E-state index contributed by atoms with van der Waals surface area (Å²) in [7, 11) is 1.67. The molecule has 6 nitrogen and oxygen atoms in total. The van der Waals surface area contributed by atoms with Crippen LogP contribution in [0.25, 0.3) is 0 Å². The fraction of sp³-hybridized carbons (Fsp3) is 0.462. The number of rotatable bonds is 6. The average Bonchev–Trinajstić information content (AvgIpc) is 2.95. The van der Waals surface area contributed by atoms with Gasteiger partial charge in [-0.1, -0.05) is 11.6 Å². The number of methoxy groups -OCH3 is 1. The highest BCUT2D eigenvalue weighted by Crippen LogP contribution is 2.28. The number of aromatic nitrogens is 3. The van der Waals surface area contributed by atoms with E-state index < -0.39 is 0 Å². The number of anilines is 1. The van der Waals surface area contributed by atoms with Crippen LogP contribution >= 0.6 is 23.1 Å². The molecule has 2 aromatic heterocycles. The summed E-state index contributed by atoms with van der Waals surface area (Å²) in [5.41, 5.74) is 3.56. The molecule has 0 aliphatic rings. The monoisotopic (exact) mass is 325 g/mol. The van der Waals surface area contributed by atoms with Crippen molar-refractivity contribution in [3.8, 4) is 6.07 Å². The number of halogens is 1. The Bertz CT molecular complexity index is 673. The van der Waals surface area contributed by atoms with Gasteiger partial charge in [-0.05, 0) is 25.4 Å². The van der Waals surface area contributed by atoms with E-state index in [-0.39, 0.29) is 5.15 Å². The van der Waals surface area contributed by atoms with Crippen molar-refractivity contribution >= 4 is 28.1 Å². The van der Waals surface area contributed by atoms with Crippen molar-refractivity contribution < 1.29 is 4.74 Å². The maximum absolute atomic E-state index is 9.06. The average molecular weight is 326 g/mol. The van der Waals surface area contributed by atoms with Crippen molar-refractivity contribution in [1.82, 2.24) is 14.2 Å². The van der Waals surface area contributed by atoms with Crippen molar-refractivity contribution in [2.45, 2.75) is 26.9 Å². The number of nitrogens with one attached hydrogen (secondary N) is 1. The van der Waals surface area contributed by atoms with Crippen molar-refractivity contribution in [3.63, 3.8) is 0 Å². The second-order valence-corrected chi connectivity index (χ2v) is 5.64. The molecule has 21 heavy (non-hydrogen) atoms. The molecule has 0 fully saturated rings. The van der Waals surface area contributed by atoms with Crippen LogP contribution in [0.15, 0.2) is 0 Å². The number of ether oxygens (including phenoxy) is 1. The molecule has 0 aliphatic carbocycles. The van der Waals surface area contributed by atoms with E-state index in [1.54, 1.807) is 7.11 Å². The first kappa shape index (κ1) is 15.8. The van der Waals surface area contributed by atoms with Gasteiger partial charge < -0.3 is 10.1 Å². The molecule has 112 valence electrons. The summed E-state index contributed by atoms with van der Waals surface area (Å²) in [6.45, 7) is 5.92. The van der Waals surface area contributed by atoms with Gasteiger partial charge in [0, 0.05) is 24.9 Å². The van der Waals surface area contributed by atoms with Crippen molar-refractivity contribution in [1.29, 1.82) is 5.26 Å². The highest BCUT2D eigenvalue weighted by Gasteiger charge is 2.15. The quantitative estimate of drug-likeness (QED) is 0.883. The lowest BCUT2D eigenvalue weighted by Crippen LogP contribution is -2.08. The maximum Gasteiger partial charge on any atom is 0.162 e. The fourth-order valence-corrected chi connectivity index (χ4v) is 2.97. The fourth-order valence-electron chi connectivity index (χ4n) is 2.04. The molecule has 8 heteroatoms. The van der Waals surface area contributed by atoms with E-state index in [1.807, 2.05) is 18.5 Å². The van der Waals surface area contributed by atoms with E-state index in [2.05, 4.69) is 20.9 Å². The van der Waals surface area contributed by atoms with Gasteiger partial charge in [0.1, 0.15) is 16.6 Å². The van der Waals surface area contributed by atoms with Crippen LogP contribution in [0.1, 0.15) is 22.5 Å². The van der Waals surface area contributed by atoms with Crippen LogP contribution < -0.4 is 5.32 Å². The molecule has 1 N–H and O–H groups in total. The lowest BCUT2D eigenvalue weighted by atomic mass is 10.2. The van der Waals surface area contributed by atoms with Crippen molar-refractivity contribution in [3.05, 3.63) is 27.7 Å². The van der Waals surface area contributed by atoms with Crippen LogP contribution in [0, 0.1) is 25.2 Å². The normalized spacial score (nSPS) is 10.6. The Hall–Kier alpha value is -1.62. The Morgan fingerprint density at radius 2 is 2.24 bits per heavy atom. The largest absolute Gasteiger partial charge is 0.383 e. The highest BCUT2D eigenvalue weighted by molar-refractivity contribution is 7.10. The molecule has 2 rings (SSSR count). The number of nitrogens with zero attached hydrogens (tertiary/aromatic N) is 4. The SMILES string of the molecule is COCCn1nc(C)c(CNc2snc(Cl)c2C#N)c1C. The van der Waals surface area contributed by atoms with E-state index in [4.69, 9.17) is 21.6 Å². The summed E-state index contributed by atoms with van der Waals surface area (Å²) in [6, 6.07) is 2.06. The molecule has 0 saturated heterocycles. The third-order valence-corrected chi connectivity index (χ3v) is 4.41. The van der Waals surface area contributed by atoms with E-state index in [0.717, 1.165) is 23.5 Å². The van der Waals surface area contributed by atoms with Gasteiger partial charge in [0.15, 0.2) is 5.15 Å². The molecule has 0 spiro atoms. The minimum Gasteiger partial charge on any atom is -0.383 e. The van der Waals surface area contributed by atoms with Gasteiger partial charge in [0.05, 0.1) is 18.8 Å². The van der Waals surface area contributed by atoms with Gasteiger partial charge in [-0.25, -0.2) is 0 Å². The summed E-state index contributed by atoms with van der Waals surface area (Å²) in [5.74, 6) is 0. The lowest BCUT2D eigenvalue weighted by Gasteiger charge is -2.06. The standard InChI is InChI=1S/C13H16ClN5OS/c1-8-11(9(2)19(17-8)4-5-20-3)7-16-13-10(6-15)12(14)18-21-13/h16H,4-5,7H2,1-3H3. The second-order valence-electron chi connectivity index (χ2n) is 4.51. The Labute approximate surface area is 132 Å². The maximum atomic E-state index is 9.06. The summed E-state index contributed by atoms with van der Waals surface area (Å²) >= 11 is 7.05. The summed E-state index contributed by atoms with van der Waals surface area (Å²) < 4.78 is 11.0. The minimum atomic E-state index is 0.245. The summed E-state index contributed by atoms with van der Waals surface area (Å²) in [4.78, 5) is 0. The first-order valence-electron chi connectivity index (χ1n) is 6.39. The first-order chi connectivity index (χ1) is 10.1. The molecule has 0 unspecified atom stereocenters. The Balaban J connectivity index is 2.13. The molecule has 0 amide bonds. The van der Waals surface area contributed by atoms with Crippen LogP contribution in [0.5, 0.6) is 0 Å². The van der Waals surface area contributed by atoms with Gasteiger partial charge in [0.25, 0.3) is 0 Å². The number of nitriles is 1. The second kappa shape index (κ2) is 6.89. The van der Waals surface area contributed by atoms with Crippen molar-refractivity contribution in [2.75, 3.05) is 19.0 Å². The Morgan fingerprint density at radius 1 is 1.48 bits per heavy atom. The molecule has 0 aromatic carbocycles.